The summed E-state index contributed by atoms with van der Waals surface area (Å²) >= 11 is 3.70. The third-order valence-electron chi connectivity index (χ3n) is 3.98. The fourth-order valence-electron chi connectivity index (χ4n) is 2.75. The highest BCUT2D eigenvalue weighted by atomic mass is 32.2. The Morgan fingerprint density at radius 3 is 3.00 bits per heavy atom. The second kappa shape index (κ2) is 6.86. The Balaban J connectivity index is 1.45. The van der Waals surface area contributed by atoms with Crippen molar-refractivity contribution in [3.05, 3.63) is 52.5 Å². The van der Waals surface area contributed by atoms with Gasteiger partial charge in [0.1, 0.15) is 0 Å². The number of thioether (sulfide) groups is 1. The van der Waals surface area contributed by atoms with Crippen LogP contribution in [0.3, 0.4) is 0 Å². The second-order valence-electron chi connectivity index (χ2n) is 5.51. The number of thiophene rings is 1. The summed E-state index contributed by atoms with van der Waals surface area (Å²) < 4.78 is 10.5. The number of nitrogens with zero attached hydrogens (tertiary/aromatic N) is 2. The highest BCUT2D eigenvalue weighted by molar-refractivity contribution is 7.99. The van der Waals surface area contributed by atoms with Crippen molar-refractivity contribution in [1.29, 1.82) is 0 Å². The molecule has 0 bridgehead atoms. The van der Waals surface area contributed by atoms with Crippen LogP contribution in [0.15, 0.2) is 50.9 Å². The Labute approximate surface area is 147 Å². The summed E-state index contributed by atoms with van der Waals surface area (Å²) in [5.74, 6) is 1.90. The fraction of sp³-hybridized carbons (Fsp3) is 0.294. The van der Waals surface area contributed by atoms with Crippen LogP contribution in [0.2, 0.25) is 0 Å². The SMILES string of the molecule is O=C(c1cc(-c2ccco2)on1)N1CCSC(c2cccs2)CC1. The number of amides is 1. The first-order valence-corrected chi connectivity index (χ1v) is 9.69. The molecule has 5 nitrogen and oxygen atoms in total. The van der Waals surface area contributed by atoms with Crippen LogP contribution >= 0.6 is 23.1 Å². The van der Waals surface area contributed by atoms with Crippen molar-refractivity contribution < 1.29 is 13.7 Å². The summed E-state index contributed by atoms with van der Waals surface area (Å²) in [6, 6.07) is 9.46. The van der Waals surface area contributed by atoms with E-state index in [4.69, 9.17) is 8.94 Å². The molecule has 1 amide bonds. The maximum absolute atomic E-state index is 12.7. The normalized spacial score (nSPS) is 18.5. The third kappa shape index (κ3) is 3.14. The van der Waals surface area contributed by atoms with Crippen LogP contribution in [0.1, 0.15) is 27.0 Å². The van der Waals surface area contributed by atoms with E-state index in [0.29, 0.717) is 22.5 Å². The molecule has 1 fully saturated rings. The Kier molecular flexibility index (Phi) is 4.44. The van der Waals surface area contributed by atoms with Crippen molar-refractivity contribution in [3.8, 4) is 11.5 Å². The minimum absolute atomic E-state index is 0.0796. The van der Waals surface area contributed by atoms with E-state index in [0.717, 1.165) is 25.3 Å². The van der Waals surface area contributed by atoms with Gasteiger partial charge < -0.3 is 13.8 Å². The van der Waals surface area contributed by atoms with Crippen molar-refractivity contribution in [1.82, 2.24) is 10.1 Å². The third-order valence-corrected chi connectivity index (χ3v) is 6.43. The van der Waals surface area contributed by atoms with Crippen molar-refractivity contribution in [2.24, 2.45) is 0 Å². The summed E-state index contributed by atoms with van der Waals surface area (Å²) in [5, 5.41) is 6.49. The average molecular weight is 360 g/mol. The van der Waals surface area contributed by atoms with E-state index in [-0.39, 0.29) is 5.91 Å². The Morgan fingerprint density at radius 1 is 1.25 bits per heavy atom. The van der Waals surface area contributed by atoms with E-state index in [1.54, 1.807) is 35.8 Å². The molecule has 0 spiro atoms. The topological polar surface area (TPSA) is 59.5 Å². The predicted octanol–water partition coefficient (Wildman–Crippen LogP) is 4.32. The number of carbonyl (C=O) groups excluding carboxylic acids is 1. The monoisotopic (exact) mass is 360 g/mol. The standard InChI is InChI=1S/C17H16N2O3S2/c20-17(12-11-14(22-18-12)13-3-1-8-21-13)19-6-5-16(24-10-7-19)15-4-2-9-23-15/h1-4,8-9,11,16H,5-7,10H2. The molecule has 1 unspecified atom stereocenters. The summed E-state index contributed by atoms with van der Waals surface area (Å²) in [5.41, 5.74) is 0.334. The van der Waals surface area contributed by atoms with Crippen LogP contribution in [0.5, 0.6) is 0 Å². The van der Waals surface area contributed by atoms with Crippen LogP contribution in [0.4, 0.5) is 0 Å². The molecular weight excluding hydrogens is 344 g/mol. The summed E-state index contributed by atoms with van der Waals surface area (Å²) in [6.07, 6.45) is 2.52. The maximum atomic E-state index is 12.7. The van der Waals surface area contributed by atoms with Crippen molar-refractivity contribution in [2.45, 2.75) is 11.7 Å². The smallest absolute Gasteiger partial charge is 0.276 e. The van der Waals surface area contributed by atoms with Crippen molar-refractivity contribution >= 4 is 29.0 Å². The maximum Gasteiger partial charge on any atom is 0.276 e. The number of hydrogen-bond acceptors (Lipinski definition) is 6. The Hall–Kier alpha value is -1.99. The molecule has 1 atom stereocenters. The van der Waals surface area contributed by atoms with E-state index in [1.807, 2.05) is 16.7 Å². The summed E-state index contributed by atoms with van der Waals surface area (Å²) in [4.78, 5) is 15.9. The van der Waals surface area contributed by atoms with Gasteiger partial charge >= 0.3 is 0 Å². The molecule has 4 rings (SSSR count). The molecule has 124 valence electrons. The molecule has 3 aromatic rings. The van der Waals surface area contributed by atoms with Gasteiger partial charge in [0.05, 0.1) is 6.26 Å². The van der Waals surface area contributed by atoms with E-state index in [2.05, 4.69) is 22.7 Å². The number of hydrogen-bond donors (Lipinski definition) is 0. The van der Waals surface area contributed by atoms with Gasteiger partial charge in [0.15, 0.2) is 11.5 Å². The van der Waals surface area contributed by atoms with Gasteiger partial charge in [-0.3, -0.25) is 4.79 Å². The first-order chi connectivity index (χ1) is 11.8. The molecule has 1 saturated heterocycles. The lowest BCUT2D eigenvalue weighted by molar-refractivity contribution is 0.0756. The second-order valence-corrected chi connectivity index (χ2v) is 7.80. The molecule has 0 aromatic carbocycles. The number of rotatable bonds is 3. The zero-order chi connectivity index (χ0) is 16.4. The lowest BCUT2D eigenvalue weighted by atomic mass is 10.2. The first kappa shape index (κ1) is 15.5. The number of carbonyl (C=O) groups is 1. The van der Waals surface area contributed by atoms with Crippen LogP contribution in [-0.4, -0.2) is 34.8 Å². The van der Waals surface area contributed by atoms with Crippen LogP contribution in [0.25, 0.3) is 11.5 Å². The molecule has 0 aliphatic carbocycles. The zero-order valence-electron chi connectivity index (χ0n) is 12.9. The Bertz CT molecular complexity index is 796. The molecule has 7 heteroatoms. The van der Waals surface area contributed by atoms with Crippen molar-refractivity contribution in [2.75, 3.05) is 18.8 Å². The summed E-state index contributed by atoms with van der Waals surface area (Å²) in [6.45, 7) is 1.46. The number of furan rings is 1. The number of aromatic nitrogens is 1. The molecule has 0 N–H and O–H groups in total. The fourth-order valence-corrected chi connectivity index (χ4v) is 4.99. The van der Waals surface area contributed by atoms with E-state index in [9.17, 15) is 4.79 Å². The van der Waals surface area contributed by atoms with E-state index in [1.165, 1.54) is 4.88 Å². The Morgan fingerprint density at radius 2 is 2.21 bits per heavy atom. The van der Waals surface area contributed by atoms with Crippen molar-refractivity contribution in [3.63, 3.8) is 0 Å². The molecular formula is C17H16N2O3S2. The molecule has 24 heavy (non-hydrogen) atoms. The van der Waals surface area contributed by atoms with E-state index >= 15 is 0 Å². The molecule has 1 aliphatic heterocycles. The predicted molar refractivity (Wildman–Crippen MR) is 94.2 cm³/mol. The lowest BCUT2D eigenvalue weighted by Crippen LogP contribution is -2.33. The lowest BCUT2D eigenvalue weighted by Gasteiger charge is -2.18. The highest BCUT2D eigenvalue weighted by Gasteiger charge is 2.25. The largest absolute Gasteiger partial charge is 0.461 e. The molecule has 1 aliphatic rings. The highest BCUT2D eigenvalue weighted by Crippen LogP contribution is 2.37. The van der Waals surface area contributed by atoms with Gasteiger partial charge in [-0.2, -0.15) is 11.8 Å². The van der Waals surface area contributed by atoms with Gasteiger partial charge in [-0.1, -0.05) is 11.2 Å². The minimum Gasteiger partial charge on any atom is -0.461 e. The van der Waals surface area contributed by atoms with Crippen LogP contribution < -0.4 is 0 Å². The molecule has 3 aromatic heterocycles. The van der Waals surface area contributed by atoms with Crippen LogP contribution in [0, 0.1) is 0 Å². The van der Waals surface area contributed by atoms with E-state index < -0.39 is 0 Å². The van der Waals surface area contributed by atoms with Gasteiger partial charge in [0.2, 0.25) is 5.76 Å². The first-order valence-electron chi connectivity index (χ1n) is 7.76. The molecule has 0 saturated carbocycles. The quantitative estimate of drug-likeness (QED) is 0.696. The molecule has 0 radical (unpaired) electrons. The van der Waals surface area contributed by atoms with Gasteiger partial charge in [-0.05, 0) is 30.0 Å². The van der Waals surface area contributed by atoms with Gasteiger partial charge in [0.25, 0.3) is 5.91 Å². The van der Waals surface area contributed by atoms with Crippen LogP contribution in [-0.2, 0) is 0 Å². The van der Waals surface area contributed by atoms with Gasteiger partial charge in [-0.15, -0.1) is 11.3 Å². The molecule has 4 heterocycles. The summed E-state index contributed by atoms with van der Waals surface area (Å²) in [7, 11) is 0. The zero-order valence-corrected chi connectivity index (χ0v) is 14.5. The van der Waals surface area contributed by atoms with Gasteiger partial charge in [0, 0.05) is 35.0 Å². The van der Waals surface area contributed by atoms with Gasteiger partial charge in [-0.25, -0.2) is 0 Å². The minimum atomic E-state index is -0.0796. The average Bonchev–Trinajstić information content (AvgIpc) is 3.33.